The van der Waals surface area contributed by atoms with Gasteiger partial charge < -0.3 is 29.5 Å². The van der Waals surface area contributed by atoms with Gasteiger partial charge in [-0.25, -0.2) is 0 Å². The van der Waals surface area contributed by atoms with Crippen LogP contribution in [-0.2, 0) is 34.0 Å². The van der Waals surface area contributed by atoms with E-state index in [-0.39, 0.29) is 19.8 Å². The Labute approximate surface area is 201 Å². The van der Waals surface area contributed by atoms with Crippen molar-refractivity contribution in [1.82, 2.24) is 5.31 Å². The number of piperidine rings is 1. The van der Waals surface area contributed by atoms with E-state index in [4.69, 9.17) is 15.6 Å². The molecule has 3 aromatic rings. The molecule has 0 amide bonds. The van der Waals surface area contributed by atoms with E-state index in [0.717, 1.165) is 16.7 Å². The molecular weight excluding hydrogens is 434 g/mol. The third-order valence-corrected chi connectivity index (χ3v) is 5.75. The fourth-order valence-electron chi connectivity index (χ4n) is 3.91. The molecule has 180 valence electrons. The van der Waals surface area contributed by atoms with Crippen LogP contribution in [0, 0.1) is 0 Å². The second-order valence-electron chi connectivity index (χ2n) is 8.37. The molecule has 0 saturated carbocycles. The molecule has 4 rings (SSSR count). The lowest BCUT2D eigenvalue weighted by molar-refractivity contribution is -0.275. The van der Waals surface area contributed by atoms with Gasteiger partial charge in [0.15, 0.2) is 5.72 Å². The highest BCUT2D eigenvalue weighted by atomic mass is 16.6. The maximum atomic E-state index is 11.3. The van der Waals surface area contributed by atoms with Crippen LogP contribution in [0.25, 0.3) is 0 Å². The van der Waals surface area contributed by atoms with Gasteiger partial charge >= 0.3 is 0 Å². The van der Waals surface area contributed by atoms with Gasteiger partial charge in [-0.15, -0.1) is 0 Å². The average molecular weight is 467 g/mol. The molecule has 1 fully saturated rings. The summed E-state index contributed by atoms with van der Waals surface area (Å²) in [6, 6.07) is 28.1. The predicted molar refractivity (Wildman–Crippen MR) is 126 cm³/mol. The topological polar surface area (TPSA) is 100 Å². The zero-order chi connectivity index (χ0) is 24.7. The Bertz CT molecular complexity index is 1030. The van der Waals surface area contributed by atoms with Gasteiger partial charge in [-0.05, 0) is 16.7 Å². The van der Waals surface area contributed by atoms with Crippen LogP contribution in [-0.4, -0.2) is 52.2 Å². The summed E-state index contributed by atoms with van der Waals surface area (Å²) in [7, 11) is 0. The number of nitrogens with one attached hydrogen (secondary N) is 1. The second kappa shape index (κ2) is 11.7. The van der Waals surface area contributed by atoms with Crippen LogP contribution in [0.4, 0.5) is 0 Å². The maximum absolute atomic E-state index is 11.3. The lowest BCUT2D eigenvalue weighted by atomic mass is 9.91. The van der Waals surface area contributed by atoms with Crippen molar-refractivity contribution in [3.63, 3.8) is 0 Å². The van der Waals surface area contributed by atoms with Crippen LogP contribution in [0.15, 0.2) is 91.0 Å². The third kappa shape index (κ3) is 6.28. The van der Waals surface area contributed by atoms with Crippen LogP contribution < -0.4 is 5.31 Å². The molecule has 3 aromatic carbocycles. The first-order chi connectivity index (χ1) is 17.0. The van der Waals surface area contributed by atoms with Gasteiger partial charge in [0.1, 0.15) is 26.0 Å². The van der Waals surface area contributed by atoms with E-state index >= 15 is 0 Å². The van der Waals surface area contributed by atoms with Crippen LogP contribution >= 0.6 is 0 Å². The van der Waals surface area contributed by atoms with Crippen LogP contribution in [0.5, 0.6) is 0 Å². The molecule has 1 saturated heterocycles. The smallest absolute Gasteiger partial charge is 0.170 e. The minimum Gasteiger partial charge on any atom is -0.386 e. The molecule has 34 heavy (non-hydrogen) atoms. The minimum atomic E-state index is -2.22. The van der Waals surface area contributed by atoms with Crippen molar-refractivity contribution in [3.05, 3.63) is 108 Å². The van der Waals surface area contributed by atoms with Crippen molar-refractivity contribution in [1.29, 1.82) is 0 Å². The number of aliphatic hydroxyl groups excluding tert-OH is 2. The summed E-state index contributed by atoms with van der Waals surface area (Å²) in [4.78, 5) is 0. The molecule has 0 radical (unpaired) electrons. The zero-order valence-electron chi connectivity index (χ0n) is 19.8. The Kier molecular flexibility index (Phi) is 7.95. The van der Waals surface area contributed by atoms with E-state index in [9.17, 15) is 15.3 Å². The zero-order valence-corrected chi connectivity index (χ0v) is 18.8. The average Bonchev–Trinajstić information content (AvgIpc) is 2.90. The lowest BCUT2D eigenvalue weighted by Crippen LogP contribution is -2.74. The highest BCUT2D eigenvalue weighted by Crippen LogP contribution is 2.28. The molecule has 4 N–H and O–H groups in total. The Hall–Kier alpha value is -2.62. The van der Waals surface area contributed by atoms with Crippen molar-refractivity contribution in [3.8, 4) is 0 Å². The SMILES string of the molecule is [2H]N1C(O)[C@H](OCc2ccccc2)[C@@H](OCc2ccccc2)[C@H](O)[C@]1(O)COCc1ccccc1. The van der Waals surface area contributed by atoms with Gasteiger partial charge in [0.2, 0.25) is 0 Å². The van der Waals surface area contributed by atoms with Crippen LogP contribution in [0.2, 0.25) is 1.41 Å². The van der Waals surface area contributed by atoms with Crippen molar-refractivity contribution in [2.24, 2.45) is 0 Å². The number of aliphatic hydroxyl groups is 3. The molecular formula is C27H31NO6. The van der Waals surface area contributed by atoms with E-state index in [1.165, 1.54) is 0 Å². The Morgan fingerprint density at radius 2 is 1.15 bits per heavy atom. The van der Waals surface area contributed by atoms with Crippen molar-refractivity contribution >= 4 is 0 Å². The molecule has 7 heteroatoms. The minimum absolute atomic E-state index is 0.124. The molecule has 0 aromatic heterocycles. The first-order valence-electron chi connectivity index (χ1n) is 11.7. The van der Waals surface area contributed by atoms with E-state index < -0.39 is 36.9 Å². The monoisotopic (exact) mass is 466 g/mol. The number of hydrogen-bond donors (Lipinski definition) is 4. The summed E-state index contributed by atoms with van der Waals surface area (Å²) < 4.78 is 26.0. The number of rotatable bonds is 10. The van der Waals surface area contributed by atoms with Gasteiger partial charge in [0.25, 0.3) is 0 Å². The molecule has 1 aliphatic heterocycles. The van der Waals surface area contributed by atoms with Gasteiger partial charge in [0, 0.05) is 0 Å². The second-order valence-corrected chi connectivity index (χ2v) is 8.37. The highest BCUT2D eigenvalue weighted by molar-refractivity contribution is 5.15. The fraction of sp³-hybridized carbons (Fsp3) is 0.333. The van der Waals surface area contributed by atoms with E-state index in [1.807, 2.05) is 91.0 Å². The molecule has 1 unspecified atom stereocenters. The first-order valence-corrected chi connectivity index (χ1v) is 11.3. The largest absolute Gasteiger partial charge is 0.386 e. The first kappa shape index (κ1) is 23.1. The van der Waals surface area contributed by atoms with Crippen LogP contribution in [0.1, 0.15) is 16.7 Å². The fourth-order valence-corrected chi connectivity index (χ4v) is 3.91. The summed E-state index contributed by atoms with van der Waals surface area (Å²) in [6.45, 7) is 0.0141. The van der Waals surface area contributed by atoms with Gasteiger partial charge in [-0.2, -0.15) is 0 Å². The molecule has 5 atom stereocenters. The third-order valence-electron chi connectivity index (χ3n) is 5.75. The lowest BCUT2D eigenvalue weighted by Gasteiger charge is -2.47. The molecule has 7 nitrogen and oxygen atoms in total. The summed E-state index contributed by atoms with van der Waals surface area (Å²) in [5.41, 5.74) is 0.370. The van der Waals surface area contributed by atoms with E-state index in [2.05, 4.69) is 0 Å². The van der Waals surface area contributed by atoms with Crippen molar-refractivity contribution in [2.45, 2.75) is 50.1 Å². The van der Waals surface area contributed by atoms with E-state index in [0.29, 0.717) is 5.31 Å². The molecule has 1 aliphatic rings. The Morgan fingerprint density at radius 3 is 1.65 bits per heavy atom. The highest BCUT2D eigenvalue weighted by Gasteiger charge is 2.53. The molecule has 0 bridgehead atoms. The molecule has 0 spiro atoms. The number of benzene rings is 3. The molecule has 1 heterocycles. The summed E-state index contributed by atoms with van der Waals surface area (Å²) in [5.74, 6) is 0. The van der Waals surface area contributed by atoms with Gasteiger partial charge in [-0.1, -0.05) is 91.0 Å². The summed E-state index contributed by atoms with van der Waals surface area (Å²) in [5, 5.41) is 34.0. The van der Waals surface area contributed by atoms with Gasteiger partial charge in [0.05, 0.1) is 26.4 Å². The van der Waals surface area contributed by atoms with Crippen molar-refractivity contribution in [2.75, 3.05) is 6.61 Å². The quantitative estimate of drug-likeness (QED) is 0.364. The summed E-state index contributed by atoms with van der Waals surface area (Å²) >= 11 is 0. The predicted octanol–water partition coefficient (Wildman–Crippen LogP) is 2.35. The maximum Gasteiger partial charge on any atom is 0.170 e. The van der Waals surface area contributed by atoms with E-state index in [1.54, 1.807) is 0 Å². The van der Waals surface area contributed by atoms with Crippen LogP contribution in [0.3, 0.4) is 0 Å². The standard InChI is InChI=1S/C27H31NO6/c29-25-23(33-17-21-12-6-2-7-13-21)24(34-18-22-14-8-3-9-15-22)26(30)28-27(25,31)19-32-16-20-10-4-1-5-11-20/h1-15,23-26,28-31H,16-19H2/t23-,24-,25+,26?,27-/m1/s1/i/hD. The summed E-state index contributed by atoms with van der Waals surface area (Å²) in [6.07, 6.45) is -5.39. The van der Waals surface area contributed by atoms with Gasteiger partial charge in [-0.3, -0.25) is 5.31 Å². The van der Waals surface area contributed by atoms with Crippen molar-refractivity contribution < 1.29 is 30.9 Å². The normalized spacial score (nSPS) is 27.9. The number of hydrogen-bond acceptors (Lipinski definition) is 7. The number of ether oxygens (including phenoxy) is 3. The molecule has 0 aliphatic carbocycles. The Morgan fingerprint density at radius 1 is 0.706 bits per heavy atom. The Balaban J connectivity index is 1.50.